The molecule has 0 amide bonds. The van der Waals surface area contributed by atoms with Gasteiger partial charge in [0.2, 0.25) is 0 Å². The molecule has 1 aliphatic rings. The number of methoxy groups -OCH3 is 1. The van der Waals surface area contributed by atoms with E-state index in [0.29, 0.717) is 12.5 Å². The third kappa shape index (κ3) is 6.53. The Morgan fingerprint density at radius 3 is 2.71 bits per heavy atom. The Bertz CT molecular complexity index is 217. The first kappa shape index (κ1) is 15.1. The normalized spacial score (nSPS) is 20.6. The summed E-state index contributed by atoms with van der Waals surface area (Å²) in [6, 6.07) is 0.252. The van der Waals surface area contributed by atoms with E-state index in [1.807, 2.05) is 0 Å². The van der Waals surface area contributed by atoms with Crippen LogP contribution in [0.3, 0.4) is 0 Å². The predicted octanol–water partition coefficient (Wildman–Crippen LogP) is 1.94. The predicted molar refractivity (Wildman–Crippen MR) is 73.8 cm³/mol. The number of hydrogen-bond acceptors (Lipinski definition) is 3. The third-order valence-electron chi connectivity index (χ3n) is 3.33. The van der Waals surface area contributed by atoms with E-state index >= 15 is 0 Å². The molecule has 0 aromatic rings. The molecule has 0 saturated heterocycles. The van der Waals surface area contributed by atoms with Crippen molar-refractivity contribution >= 4 is 10.8 Å². The van der Waals surface area contributed by atoms with Crippen molar-refractivity contribution < 1.29 is 8.95 Å². The maximum absolute atomic E-state index is 12.1. The van der Waals surface area contributed by atoms with Crippen molar-refractivity contribution in [1.29, 1.82) is 0 Å². The molecule has 3 nitrogen and oxygen atoms in total. The van der Waals surface area contributed by atoms with Crippen molar-refractivity contribution in [3.05, 3.63) is 0 Å². The Morgan fingerprint density at radius 1 is 1.41 bits per heavy atom. The SMILES string of the molecule is CCCNC(COC)CS(=O)CC1CCCC1. The molecule has 1 fully saturated rings. The highest BCUT2D eigenvalue weighted by molar-refractivity contribution is 7.85. The van der Waals surface area contributed by atoms with Gasteiger partial charge in [0.25, 0.3) is 0 Å². The summed E-state index contributed by atoms with van der Waals surface area (Å²) < 4.78 is 17.2. The van der Waals surface area contributed by atoms with Crippen LogP contribution in [0.15, 0.2) is 0 Å². The lowest BCUT2D eigenvalue weighted by Gasteiger charge is -2.18. The Kier molecular flexibility index (Phi) is 8.06. The fourth-order valence-electron chi connectivity index (χ4n) is 2.45. The molecule has 102 valence electrons. The average molecular weight is 261 g/mol. The van der Waals surface area contributed by atoms with Crippen molar-refractivity contribution in [3.63, 3.8) is 0 Å². The maximum atomic E-state index is 12.1. The first-order chi connectivity index (χ1) is 8.26. The summed E-state index contributed by atoms with van der Waals surface area (Å²) in [6.07, 6.45) is 6.33. The third-order valence-corrected chi connectivity index (χ3v) is 4.95. The highest BCUT2D eigenvalue weighted by Gasteiger charge is 2.19. The van der Waals surface area contributed by atoms with Gasteiger partial charge in [0.05, 0.1) is 6.61 Å². The fraction of sp³-hybridized carbons (Fsp3) is 1.00. The lowest BCUT2D eigenvalue weighted by molar-refractivity contribution is 0.173. The molecule has 0 bridgehead atoms. The second-order valence-electron chi connectivity index (χ2n) is 5.03. The van der Waals surface area contributed by atoms with E-state index in [1.165, 1.54) is 25.7 Å². The summed E-state index contributed by atoms with van der Waals surface area (Å²) in [5, 5.41) is 3.41. The first-order valence-corrected chi connectivity index (χ1v) is 8.32. The summed E-state index contributed by atoms with van der Waals surface area (Å²) in [4.78, 5) is 0. The molecular weight excluding hydrogens is 234 g/mol. The van der Waals surface area contributed by atoms with Crippen LogP contribution in [0.25, 0.3) is 0 Å². The topological polar surface area (TPSA) is 38.3 Å². The molecule has 1 N–H and O–H groups in total. The molecule has 0 spiro atoms. The average Bonchev–Trinajstić information content (AvgIpc) is 2.78. The van der Waals surface area contributed by atoms with E-state index < -0.39 is 10.8 Å². The van der Waals surface area contributed by atoms with Crippen LogP contribution in [0.5, 0.6) is 0 Å². The standard InChI is InChI=1S/C13H27NO2S/c1-3-8-14-13(9-16-2)11-17(15)10-12-6-4-5-7-12/h12-14H,3-11H2,1-2H3. The molecule has 17 heavy (non-hydrogen) atoms. The lowest BCUT2D eigenvalue weighted by Crippen LogP contribution is -2.39. The molecule has 0 aromatic carbocycles. The lowest BCUT2D eigenvalue weighted by atomic mass is 10.1. The summed E-state index contributed by atoms with van der Waals surface area (Å²) in [7, 11) is 1.02. The van der Waals surface area contributed by atoms with E-state index in [9.17, 15) is 4.21 Å². The Labute approximate surface area is 108 Å². The highest BCUT2D eigenvalue weighted by atomic mass is 32.2. The van der Waals surface area contributed by atoms with Gasteiger partial charge in [-0.3, -0.25) is 4.21 Å². The van der Waals surface area contributed by atoms with Gasteiger partial charge >= 0.3 is 0 Å². The minimum atomic E-state index is -0.687. The summed E-state index contributed by atoms with van der Waals surface area (Å²) >= 11 is 0. The van der Waals surface area contributed by atoms with Crippen LogP contribution in [0.4, 0.5) is 0 Å². The Hall–Kier alpha value is 0.0700. The molecule has 1 rings (SSSR count). The van der Waals surface area contributed by atoms with Gasteiger partial charge in [-0.1, -0.05) is 19.8 Å². The smallest absolute Gasteiger partial charge is 0.0624 e. The van der Waals surface area contributed by atoms with Crippen molar-refractivity contribution in [2.75, 3.05) is 31.8 Å². The van der Waals surface area contributed by atoms with Crippen LogP contribution >= 0.6 is 0 Å². The second-order valence-corrected chi connectivity index (χ2v) is 6.58. The quantitative estimate of drug-likeness (QED) is 0.689. The summed E-state index contributed by atoms with van der Waals surface area (Å²) in [5.41, 5.74) is 0. The van der Waals surface area contributed by atoms with Gasteiger partial charge in [-0.25, -0.2) is 0 Å². The van der Waals surface area contributed by atoms with E-state index in [1.54, 1.807) is 7.11 Å². The second kappa shape index (κ2) is 9.06. The molecule has 1 aliphatic carbocycles. The van der Waals surface area contributed by atoms with Crippen LogP contribution in [0.2, 0.25) is 0 Å². The molecule has 2 unspecified atom stereocenters. The van der Waals surface area contributed by atoms with E-state index in [2.05, 4.69) is 12.2 Å². The zero-order valence-electron chi connectivity index (χ0n) is 11.2. The fourth-order valence-corrected chi connectivity index (χ4v) is 4.11. The number of ether oxygens (including phenoxy) is 1. The number of nitrogens with one attached hydrogen (secondary N) is 1. The molecule has 4 heteroatoms. The highest BCUT2D eigenvalue weighted by Crippen LogP contribution is 2.25. The van der Waals surface area contributed by atoms with Crippen LogP contribution < -0.4 is 5.32 Å². The van der Waals surface area contributed by atoms with Gasteiger partial charge in [0.1, 0.15) is 0 Å². The van der Waals surface area contributed by atoms with Gasteiger partial charge in [0.15, 0.2) is 0 Å². The number of hydrogen-bond donors (Lipinski definition) is 1. The molecule has 2 atom stereocenters. The van der Waals surface area contributed by atoms with Gasteiger partial charge in [-0.2, -0.15) is 0 Å². The van der Waals surface area contributed by atoms with Gasteiger partial charge in [0, 0.05) is 35.5 Å². The Morgan fingerprint density at radius 2 is 2.12 bits per heavy atom. The van der Waals surface area contributed by atoms with Crippen LogP contribution in [0, 0.1) is 5.92 Å². The largest absolute Gasteiger partial charge is 0.383 e. The van der Waals surface area contributed by atoms with Crippen LogP contribution in [-0.4, -0.2) is 42.0 Å². The zero-order valence-corrected chi connectivity index (χ0v) is 12.1. The molecule has 0 aromatic heterocycles. The first-order valence-electron chi connectivity index (χ1n) is 6.83. The van der Waals surface area contributed by atoms with Crippen molar-refractivity contribution in [2.45, 2.75) is 45.1 Å². The van der Waals surface area contributed by atoms with E-state index in [4.69, 9.17) is 4.74 Å². The number of rotatable bonds is 9. The van der Waals surface area contributed by atoms with Crippen molar-refractivity contribution in [2.24, 2.45) is 5.92 Å². The molecule has 1 saturated carbocycles. The molecule has 0 radical (unpaired) electrons. The maximum Gasteiger partial charge on any atom is 0.0624 e. The molecular formula is C13H27NO2S. The molecule has 0 aliphatic heterocycles. The monoisotopic (exact) mass is 261 g/mol. The zero-order chi connectivity index (χ0) is 12.5. The van der Waals surface area contributed by atoms with Crippen LogP contribution in [0.1, 0.15) is 39.0 Å². The van der Waals surface area contributed by atoms with Gasteiger partial charge in [-0.15, -0.1) is 0 Å². The van der Waals surface area contributed by atoms with E-state index in [0.717, 1.165) is 24.5 Å². The van der Waals surface area contributed by atoms with Gasteiger partial charge < -0.3 is 10.1 Å². The minimum absolute atomic E-state index is 0.252. The summed E-state index contributed by atoms with van der Waals surface area (Å²) in [5.74, 6) is 2.35. The summed E-state index contributed by atoms with van der Waals surface area (Å²) in [6.45, 7) is 3.79. The molecule has 0 heterocycles. The Balaban J connectivity index is 2.23. The minimum Gasteiger partial charge on any atom is -0.383 e. The van der Waals surface area contributed by atoms with E-state index in [-0.39, 0.29) is 6.04 Å². The van der Waals surface area contributed by atoms with Gasteiger partial charge in [-0.05, 0) is 31.7 Å². The van der Waals surface area contributed by atoms with Crippen molar-refractivity contribution in [3.8, 4) is 0 Å². The van der Waals surface area contributed by atoms with Crippen LogP contribution in [-0.2, 0) is 15.5 Å². The van der Waals surface area contributed by atoms with Crippen molar-refractivity contribution in [1.82, 2.24) is 5.32 Å².